The molecule has 0 atom stereocenters. The third kappa shape index (κ3) is 4.38. The standard InChI is InChI=1S/C21H16N2O4/c24-19(14-7-3-1-4-8-14)22-17-12-11-16(21(26)27)13-18(17)23-20(25)15-9-5-2-6-10-15/h1-13H,(H,22,24)(H,23,25)(H,26,27)/p-1. The van der Waals surface area contributed by atoms with E-state index in [1.54, 1.807) is 60.7 Å². The van der Waals surface area contributed by atoms with E-state index >= 15 is 0 Å². The summed E-state index contributed by atoms with van der Waals surface area (Å²) in [4.78, 5) is 36.0. The Balaban J connectivity index is 1.90. The first-order valence-electron chi connectivity index (χ1n) is 8.13. The van der Waals surface area contributed by atoms with Crippen molar-refractivity contribution in [2.75, 3.05) is 10.6 Å². The molecule has 6 nitrogen and oxygen atoms in total. The van der Waals surface area contributed by atoms with Gasteiger partial charge >= 0.3 is 0 Å². The van der Waals surface area contributed by atoms with Gasteiger partial charge in [-0.25, -0.2) is 0 Å². The number of benzene rings is 3. The Bertz CT molecular complexity index is 986. The Morgan fingerprint density at radius 1 is 0.593 bits per heavy atom. The number of carbonyl (C=O) groups is 3. The molecular weight excluding hydrogens is 344 g/mol. The number of nitrogens with one attached hydrogen (secondary N) is 2. The fourth-order valence-electron chi connectivity index (χ4n) is 2.45. The smallest absolute Gasteiger partial charge is 0.255 e. The van der Waals surface area contributed by atoms with Crippen molar-refractivity contribution in [3.8, 4) is 0 Å². The first-order valence-corrected chi connectivity index (χ1v) is 8.13. The van der Waals surface area contributed by atoms with Gasteiger partial charge in [-0.1, -0.05) is 42.5 Å². The molecule has 0 radical (unpaired) electrons. The summed E-state index contributed by atoms with van der Waals surface area (Å²) in [5.74, 6) is -2.19. The predicted octanol–water partition coefficient (Wildman–Crippen LogP) is 2.55. The first-order chi connectivity index (χ1) is 13.0. The molecule has 2 N–H and O–H groups in total. The van der Waals surface area contributed by atoms with Crippen molar-refractivity contribution in [2.45, 2.75) is 0 Å². The van der Waals surface area contributed by atoms with Crippen LogP contribution >= 0.6 is 0 Å². The van der Waals surface area contributed by atoms with Gasteiger partial charge in [0.1, 0.15) is 0 Å². The Morgan fingerprint density at radius 2 is 1.07 bits per heavy atom. The van der Waals surface area contributed by atoms with E-state index in [1.165, 1.54) is 18.2 Å². The van der Waals surface area contributed by atoms with E-state index in [0.29, 0.717) is 11.1 Å². The largest absolute Gasteiger partial charge is 0.545 e. The number of hydrogen-bond donors (Lipinski definition) is 2. The van der Waals surface area contributed by atoms with Gasteiger partial charge in [-0.2, -0.15) is 0 Å². The highest BCUT2D eigenvalue weighted by atomic mass is 16.4. The van der Waals surface area contributed by atoms with Crippen LogP contribution in [-0.2, 0) is 0 Å². The zero-order valence-electron chi connectivity index (χ0n) is 14.1. The minimum absolute atomic E-state index is 0.115. The molecule has 0 aromatic heterocycles. The number of aromatic carboxylic acids is 1. The molecule has 2 amide bonds. The summed E-state index contributed by atoms with van der Waals surface area (Å²) in [6.07, 6.45) is 0. The van der Waals surface area contributed by atoms with E-state index in [9.17, 15) is 19.5 Å². The van der Waals surface area contributed by atoms with E-state index in [4.69, 9.17) is 0 Å². The van der Waals surface area contributed by atoms with Crippen molar-refractivity contribution in [3.05, 3.63) is 95.6 Å². The van der Waals surface area contributed by atoms with Gasteiger partial charge in [-0.15, -0.1) is 0 Å². The normalized spacial score (nSPS) is 10.1. The van der Waals surface area contributed by atoms with E-state index in [2.05, 4.69) is 10.6 Å². The van der Waals surface area contributed by atoms with Gasteiger partial charge in [0.15, 0.2) is 0 Å². The van der Waals surface area contributed by atoms with Crippen LogP contribution in [0.5, 0.6) is 0 Å². The van der Waals surface area contributed by atoms with Gasteiger partial charge in [0.25, 0.3) is 11.8 Å². The summed E-state index contributed by atoms with van der Waals surface area (Å²) in [7, 11) is 0. The van der Waals surface area contributed by atoms with E-state index in [0.717, 1.165) is 0 Å². The lowest BCUT2D eigenvalue weighted by atomic mass is 10.1. The van der Waals surface area contributed by atoms with Gasteiger partial charge in [0.05, 0.1) is 17.3 Å². The summed E-state index contributed by atoms with van der Waals surface area (Å²) >= 11 is 0. The fraction of sp³-hybridized carbons (Fsp3) is 0. The third-order valence-corrected chi connectivity index (χ3v) is 3.82. The summed E-state index contributed by atoms with van der Waals surface area (Å²) in [6.45, 7) is 0. The number of amides is 2. The lowest BCUT2D eigenvalue weighted by Crippen LogP contribution is -2.23. The third-order valence-electron chi connectivity index (χ3n) is 3.82. The lowest BCUT2D eigenvalue weighted by Gasteiger charge is -2.15. The van der Waals surface area contributed by atoms with Gasteiger partial charge in [0, 0.05) is 11.1 Å². The topological polar surface area (TPSA) is 98.3 Å². The molecule has 0 aliphatic rings. The summed E-state index contributed by atoms with van der Waals surface area (Å²) in [5, 5.41) is 16.5. The van der Waals surface area contributed by atoms with E-state index in [-0.39, 0.29) is 22.8 Å². The Kier molecular flexibility index (Phi) is 5.28. The summed E-state index contributed by atoms with van der Waals surface area (Å²) < 4.78 is 0. The molecule has 3 aromatic carbocycles. The van der Waals surface area contributed by atoms with Crippen LogP contribution in [0.1, 0.15) is 31.1 Å². The Morgan fingerprint density at radius 3 is 1.56 bits per heavy atom. The Labute approximate surface area is 155 Å². The highest BCUT2D eigenvalue weighted by molar-refractivity contribution is 6.10. The quantitative estimate of drug-likeness (QED) is 0.731. The SMILES string of the molecule is O=C([O-])c1ccc(NC(=O)c2ccccc2)c(NC(=O)c2ccccc2)c1. The van der Waals surface area contributed by atoms with Gasteiger partial charge < -0.3 is 20.5 Å². The van der Waals surface area contributed by atoms with Crippen LogP contribution in [0.3, 0.4) is 0 Å². The van der Waals surface area contributed by atoms with E-state index < -0.39 is 11.9 Å². The molecular formula is C21H15N2O4-. The van der Waals surface area contributed by atoms with Crippen LogP contribution in [0.15, 0.2) is 78.9 Å². The molecule has 0 bridgehead atoms. The van der Waals surface area contributed by atoms with Crippen molar-refractivity contribution in [3.63, 3.8) is 0 Å². The first kappa shape index (κ1) is 17.9. The molecule has 0 spiro atoms. The van der Waals surface area contributed by atoms with Crippen molar-refractivity contribution >= 4 is 29.2 Å². The number of carboxylic acid groups (broad SMARTS) is 1. The second kappa shape index (κ2) is 7.97. The Hall–Kier alpha value is -3.93. The molecule has 0 fully saturated rings. The molecule has 6 heteroatoms. The molecule has 0 heterocycles. The zero-order valence-corrected chi connectivity index (χ0v) is 14.1. The van der Waals surface area contributed by atoms with Crippen LogP contribution < -0.4 is 15.7 Å². The predicted molar refractivity (Wildman–Crippen MR) is 99.6 cm³/mol. The second-order valence-electron chi connectivity index (χ2n) is 5.69. The van der Waals surface area contributed by atoms with Gasteiger partial charge in [-0.3, -0.25) is 9.59 Å². The van der Waals surface area contributed by atoms with Crippen LogP contribution in [0, 0.1) is 0 Å². The number of rotatable bonds is 5. The monoisotopic (exact) mass is 359 g/mol. The molecule has 0 saturated heterocycles. The molecule has 0 unspecified atom stereocenters. The summed E-state index contributed by atoms with van der Waals surface area (Å²) in [5.41, 5.74) is 1.16. The second-order valence-corrected chi connectivity index (χ2v) is 5.69. The van der Waals surface area contributed by atoms with E-state index in [1.807, 2.05) is 0 Å². The number of hydrogen-bond acceptors (Lipinski definition) is 4. The van der Waals surface area contributed by atoms with Crippen LogP contribution in [0.2, 0.25) is 0 Å². The highest BCUT2D eigenvalue weighted by Crippen LogP contribution is 2.25. The number of carboxylic acids is 1. The van der Waals surface area contributed by atoms with Crippen molar-refractivity contribution in [1.29, 1.82) is 0 Å². The minimum Gasteiger partial charge on any atom is -0.545 e. The van der Waals surface area contributed by atoms with Gasteiger partial charge in [0.2, 0.25) is 0 Å². The maximum atomic E-state index is 12.4. The van der Waals surface area contributed by atoms with Crippen molar-refractivity contribution < 1.29 is 19.5 Å². The molecule has 0 aliphatic heterocycles. The molecule has 134 valence electrons. The zero-order chi connectivity index (χ0) is 19.2. The average Bonchev–Trinajstić information content (AvgIpc) is 2.70. The lowest BCUT2D eigenvalue weighted by molar-refractivity contribution is -0.255. The molecule has 3 aromatic rings. The minimum atomic E-state index is -1.38. The van der Waals surface area contributed by atoms with Crippen LogP contribution in [0.25, 0.3) is 0 Å². The maximum Gasteiger partial charge on any atom is 0.255 e. The average molecular weight is 359 g/mol. The van der Waals surface area contributed by atoms with Crippen molar-refractivity contribution in [1.82, 2.24) is 0 Å². The van der Waals surface area contributed by atoms with Gasteiger partial charge in [-0.05, 0) is 42.0 Å². The maximum absolute atomic E-state index is 12.4. The van der Waals surface area contributed by atoms with Crippen molar-refractivity contribution in [2.24, 2.45) is 0 Å². The molecule has 3 rings (SSSR count). The number of anilines is 2. The fourth-order valence-corrected chi connectivity index (χ4v) is 2.45. The number of carbonyl (C=O) groups excluding carboxylic acids is 3. The highest BCUT2D eigenvalue weighted by Gasteiger charge is 2.13. The molecule has 27 heavy (non-hydrogen) atoms. The molecule has 0 aliphatic carbocycles. The van der Waals surface area contributed by atoms with Crippen LogP contribution in [0.4, 0.5) is 11.4 Å². The van der Waals surface area contributed by atoms with Crippen LogP contribution in [-0.4, -0.2) is 17.8 Å². The molecule has 0 saturated carbocycles. The summed E-state index contributed by atoms with van der Waals surface area (Å²) in [6, 6.07) is 20.9.